The van der Waals surface area contributed by atoms with Gasteiger partial charge in [-0.2, -0.15) is 0 Å². The van der Waals surface area contributed by atoms with Gasteiger partial charge in [0.2, 0.25) is 0 Å². The summed E-state index contributed by atoms with van der Waals surface area (Å²) in [7, 11) is 5.50. The Hall–Kier alpha value is -1.60. The van der Waals surface area contributed by atoms with E-state index in [4.69, 9.17) is 5.11 Å². The summed E-state index contributed by atoms with van der Waals surface area (Å²) in [5.74, 6) is -1.09. The van der Waals surface area contributed by atoms with Crippen LogP contribution in [-0.4, -0.2) is 61.1 Å². The number of nitrogens with zero attached hydrogens (tertiary/aromatic N) is 2. The van der Waals surface area contributed by atoms with Crippen molar-refractivity contribution in [2.45, 2.75) is 0 Å². The lowest BCUT2D eigenvalue weighted by Gasteiger charge is -2.20. The standard InChI is InChI=1S/C13H18BrN3O3/c1-16(2)6-7-17(3)13(20)15-11-5-4-9(14)8-10(11)12(18)19/h4-5,8H,6-7H2,1-3H3,(H,15,20)(H,18,19). The third-order valence-corrected chi connectivity index (χ3v) is 3.18. The Bertz CT molecular complexity index is 506. The Kier molecular flexibility index (Phi) is 5.97. The van der Waals surface area contributed by atoms with Gasteiger partial charge in [-0.15, -0.1) is 0 Å². The molecule has 2 N–H and O–H groups in total. The van der Waals surface area contributed by atoms with Gasteiger partial charge < -0.3 is 20.2 Å². The summed E-state index contributed by atoms with van der Waals surface area (Å²) >= 11 is 3.21. The lowest BCUT2D eigenvalue weighted by molar-refractivity contribution is 0.0698. The van der Waals surface area contributed by atoms with Gasteiger partial charge in [-0.3, -0.25) is 0 Å². The highest BCUT2D eigenvalue weighted by Crippen LogP contribution is 2.21. The molecule has 0 aromatic heterocycles. The van der Waals surface area contributed by atoms with Gasteiger partial charge >= 0.3 is 12.0 Å². The van der Waals surface area contributed by atoms with Gasteiger partial charge in [0.25, 0.3) is 0 Å². The lowest BCUT2D eigenvalue weighted by atomic mass is 10.2. The number of halogens is 1. The average Bonchev–Trinajstić information content (AvgIpc) is 2.37. The molecule has 0 fully saturated rings. The van der Waals surface area contributed by atoms with E-state index in [-0.39, 0.29) is 17.3 Å². The van der Waals surface area contributed by atoms with Gasteiger partial charge in [-0.05, 0) is 32.3 Å². The number of amides is 2. The maximum Gasteiger partial charge on any atom is 0.337 e. The molecule has 2 amide bonds. The summed E-state index contributed by atoms with van der Waals surface area (Å²) in [6.45, 7) is 1.29. The molecule has 110 valence electrons. The van der Waals surface area contributed by atoms with E-state index in [2.05, 4.69) is 21.2 Å². The summed E-state index contributed by atoms with van der Waals surface area (Å²) < 4.78 is 0.647. The number of urea groups is 1. The molecule has 0 aliphatic carbocycles. The predicted molar refractivity (Wildman–Crippen MR) is 81.3 cm³/mol. The number of carboxylic acid groups (broad SMARTS) is 1. The minimum atomic E-state index is -1.09. The zero-order chi connectivity index (χ0) is 15.3. The van der Waals surface area contributed by atoms with Crippen LogP contribution >= 0.6 is 15.9 Å². The molecule has 0 aliphatic rings. The van der Waals surface area contributed by atoms with Gasteiger partial charge in [-0.1, -0.05) is 15.9 Å². The van der Waals surface area contributed by atoms with E-state index in [0.717, 1.165) is 6.54 Å². The summed E-state index contributed by atoms with van der Waals surface area (Å²) in [5.41, 5.74) is 0.330. The van der Waals surface area contributed by atoms with E-state index in [1.165, 1.54) is 11.0 Å². The summed E-state index contributed by atoms with van der Waals surface area (Å²) in [5, 5.41) is 11.7. The highest BCUT2D eigenvalue weighted by molar-refractivity contribution is 9.10. The van der Waals surface area contributed by atoms with Crippen molar-refractivity contribution in [1.29, 1.82) is 0 Å². The number of aromatic carboxylic acids is 1. The molecule has 0 saturated heterocycles. The van der Waals surface area contributed by atoms with Crippen LogP contribution < -0.4 is 5.32 Å². The van der Waals surface area contributed by atoms with Crippen LogP contribution in [0.2, 0.25) is 0 Å². The summed E-state index contributed by atoms with van der Waals surface area (Å²) in [6, 6.07) is 4.36. The van der Waals surface area contributed by atoms with Crippen molar-refractivity contribution in [2.24, 2.45) is 0 Å². The molecular weight excluding hydrogens is 326 g/mol. The Morgan fingerprint density at radius 1 is 1.25 bits per heavy atom. The molecule has 20 heavy (non-hydrogen) atoms. The fourth-order valence-electron chi connectivity index (χ4n) is 1.46. The fraction of sp³-hybridized carbons (Fsp3) is 0.385. The van der Waals surface area contributed by atoms with E-state index in [0.29, 0.717) is 11.0 Å². The predicted octanol–water partition coefficient (Wildman–Crippen LogP) is 2.17. The minimum Gasteiger partial charge on any atom is -0.478 e. The van der Waals surface area contributed by atoms with Crippen molar-refractivity contribution < 1.29 is 14.7 Å². The molecule has 0 atom stereocenters. The Balaban J connectivity index is 2.77. The van der Waals surface area contributed by atoms with Crippen LogP contribution in [0, 0.1) is 0 Å². The highest BCUT2D eigenvalue weighted by atomic mass is 79.9. The number of carbonyl (C=O) groups is 2. The van der Waals surface area contributed by atoms with Crippen LogP contribution in [0.25, 0.3) is 0 Å². The van der Waals surface area contributed by atoms with Crippen LogP contribution in [0.5, 0.6) is 0 Å². The molecule has 1 aromatic carbocycles. The van der Waals surface area contributed by atoms with Crippen molar-refractivity contribution in [3.8, 4) is 0 Å². The van der Waals surface area contributed by atoms with Crippen LogP contribution in [-0.2, 0) is 0 Å². The minimum absolute atomic E-state index is 0.0498. The van der Waals surface area contributed by atoms with Crippen LogP contribution in [0.1, 0.15) is 10.4 Å². The van der Waals surface area contributed by atoms with Crippen molar-refractivity contribution in [1.82, 2.24) is 9.80 Å². The van der Waals surface area contributed by atoms with E-state index in [9.17, 15) is 9.59 Å². The van der Waals surface area contributed by atoms with Crippen LogP contribution in [0.3, 0.4) is 0 Å². The van der Waals surface area contributed by atoms with Crippen molar-refractivity contribution in [3.05, 3.63) is 28.2 Å². The van der Waals surface area contributed by atoms with E-state index in [1.54, 1.807) is 19.2 Å². The molecule has 0 saturated carbocycles. The second-order valence-electron chi connectivity index (χ2n) is 4.65. The number of hydrogen-bond donors (Lipinski definition) is 2. The van der Waals surface area contributed by atoms with E-state index in [1.807, 2.05) is 19.0 Å². The highest BCUT2D eigenvalue weighted by Gasteiger charge is 2.15. The van der Waals surface area contributed by atoms with Crippen molar-refractivity contribution in [3.63, 3.8) is 0 Å². The van der Waals surface area contributed by atoms with Gasteiger partial charge in [0.1, 0.15) is 0 Å². The third-order valence-electron chi connectivity index (χ3n) is 2.68. The van der Waals surface area contributed by atoms with E-state index < -0.39 is 5.97 Å². The fourth-order valence-corrected chi connectivity index (χ4v) is 1.83. The topological polar surface area (TPSA) is 72.9 Å². The van der Waals surface area contributed by atoms with Gasteiger partial charge in [0.15, 0.2) is 0 Å². The van der Waals surface area contributed by atoms with E-state index >= 15 is 0 Å². The number of benzene rings is 1. The first-order valence-corrected chi connectivity index (χ1v) is 6.80. The lowest BCUT2D eigenvalue weighted by Crippen LogP contribution is -2.36. The SMILES string of the molecule is CN(C)CCN(C)C(=O)Nc1ccc(Br)cc1C(=O)O. The Morgan fingerprint density at radius 2 is 1.90 bits per heavy atom. The molecule has 0 radical (unpaired) electrons. The molecule has 0 unspecified atom stereocenters. The number of rotatable bonds is 5. The number of nitrogens with one attached hydrogen (secondary N) is 1. The normalized spacial score (nSPS) is 10.4. The molecule has 0 aliphatic heterocycles. The van der Waals surface area contributed by atoms with Gasteiger partial charge in [0, 0.05) is 24.6 Å². The number of likely N-dealkylation sites (N-methyl/N-ethyl adjacent to an activating group) is 2. The molecule has 0 heterocycles. The number of carbonyl (C=O) groups excluding carboxylic acids is 1. The van der Waals surface area contributed by atoms with Crippen molar-refractivity contribution in [2.75, 3.05) is 39.5 Å². The number of carboxylic acids is 1. The quantitative estimate of drug-likeness (QED) is 0.859. The maximum absolute atomic E-state index is 12.0. The summed E-state index contributed by atoms with van der Waals surface area (Å²) in [6.07, 6.45) is 0. The zero-order valence-corrected chi connectivity index (χ0v) is 13.3. The molecule has 0 bridgehead atoms. The first-order valence-electron chi connectivity index (χ1n) is 6.01. The zero-order valence-electron chi connectivity index (χ0n) is 11.7. The van der Waals surface area contributed by atoms with Crippen molar-refractivity contribution >= 4 is 33.6 Å². The average molecular weight is 344 g/mol. The smallest absolute Gasteiger partial charge is 0.337 e. The van der Waals surface area contributed by atoms with Crippen LogP contribution in [0.4, 0.5) is 10.5 Å². The molecule has 0 spiro atoms. The largest absolute Gasteiger partial charge is 0.478 e. The number of anilines is 1. The molecule has 1 aromatic rings. The monoisotopic (exact) mass is 343 g/mol. The molecule has 1 rings (SSSR count). The molecular formula is C13H18BrN3O3. The first kappa shape index (κ1) is 16.5. The van der Waals surface area contributed by atoms with Crippen LogP contribution in [0.15, 0.2) is 22.7 Å². The molecule has 6 nitrogen and oxygen atoms in total. The number of hydrogen-bond acceptors (Lipinski definition) is 3. The van der Waals surface area contributed by atoms with Gasteiger partial charge in [0.05, 0.1) is 11.3 Å². The second-order valence-corrected chi connectivity index (χ2v) is 5.57. The third kappa shape index (κ3) is 4.82. The maximum atomic E-state index is 12.0. The second kappa shape index (κ2) is 7.25. The Morgan fingerprint density at radius 3 is 2.45 bits per heavy atom. The first-order chi connectivity index (χ1) is 9.31. The molecule has 7 heteroatoms. The van der Waals surface area contributed by atoms with Gasteiger partial charge in [-0.25, -0.2) is 9.59 Å². The summed E-state index contributed by atoms with van der Waals surface area (Å²) in [4.78, 5) is 26.6. The Labute approximate surface area is 126 Å².